The first-order valence-electron chi connectivity index (χ1n) is 6.59. The minimum Gasteiger partial charge on any atom is -0.409 e. The Bertz CT molecular complexity index is 545. The second-order valence-electron chi connectivity index (χ2n) is 4.99. The van der Waals surface area contributed by atoms with Crippen LogP contribution in [0.3, 0.4) is 0 Å². The number of likely N-dealkylation sites (tertiary alicyclic amines) is 1. The molecule has 20 heavy (non-hydrogen) atoms. The van der Waals surface area contributed by atoms with Crippen molar-refractivity contribution in [1.82, 2.24) is 4.90 Å². The van der Waals surface area contributed by atoms with E-state index in [2.05, 4.69) is 21.1 Å². The number of benzene rings is 1. The quantitative estimate of drug-likeness (QED) is 0.376. The maximum atomic E-state index is 12.7. The Labute approximate surface area is 126 Å². The number of carbonyl (C=O) groups is 1. The van der Waals surface area contributed by atoms with E-state index in [0.29, 0.717) is 12.1 Å². The van der Waals surface area contributed by atoms with E-state index in [0.717, 1.165) is 29.3 Å². The predicted molar refractivity (Wildman–Crippen MR) is 81.0 cm³/mol. The third kappa shape index (κ3) is 2.95. The fraction of sp³-hybridized carbons (Fsp3) is 0.429. The molecule has 1 aromatic carbocycles. The lowest BCUT2D eigenvalue weighted by atomic mass is 9.99. The topological polar surface area (TPSA) is 78.9 Å². The largest absolute Gasteiger partial charge is 0.409 e. The number of amides is 1. The molecule has 1 unspecified atom stereocenters. The van der Waals surface area contributed by atoms with Crippen LogP contribution in [0.1, 0.15) is 35.2 Å². The highest BCUT2D eigenvalue weighted by Gasteiger charge is 2.31. The number of piperidine rings is 1. The smallest absolute Gasteiger partial charge is 0.254 e. The Morgan fingerprint density at radius 2 is 2.25 bits per heavy atom. The molecule has 0 saturated carbocycles. The molecule has 1 aliphatic heterocycles. The van der Waals surface area contributed by atoms with E-state index in [1.165, 1.54) is 0 Å². The van der Waals surface area contributed by atoms with E-state index in [1.807, 2.05) is 25.1 Å². The van der Waals surface area contributed by atoms with Gasteiger partial charge in [-0.2, -0.15) is 0 Å². The van der Waals surface area contributed by atoms with Crippen LogP contribution in [0, 0.1) is 6.92 Å². The zero-order valence-electron chi connectivity index (χ0n) is 11.3. The van der Waals surface area contributed by atoms with Gasteiger partial charge in [-0.05, 0) is 43.9 Å². The van der Waals surface area contributed by atoms with Gasteiger partial charge in [0.2, 0.25) is 0 Å². The predicted octanol–water partition coefficient (Wildman–Crippen LogP) is 2.50. The zero-order chi connectivity index (χ0) is 14.7. The molecule has 0 spiro atoms. The van der Waals surface area contributed by atoms with Crippen molar-refractivity contribution in [2.75, 3.05) is 6.54 Å². The van der Waals surface area contributed by atoms with Crippen molar-refractivity contribution in [2.24, 2.45) is 10.9 Å². The molecule has 0 bridgehead atoms. The van der Waals surface area contributed by atoms with E-state index in [9.17, 15) is 4.79 Å². The van der Waals surface area contributed by atoms with Crippen LogP contribution in [0.15, 0.2) is 27.8 Å². The molecule has 1 aliphatic rings. The van der Waals surface area contributed by atoms with Gasteiger partial charge in [-0.3, -0.25) is 4.79 Å². The molecule has 2 rings (SSSR count). The molecule has 6 heteroatoms. The minimum absolute atomic E-state index is 0.0694. The Morgan fingerprint density at radius 3 is 2.95 bits per heavy atom. The van der Waals surface area contributed by atoms with Crippen molar-refractivity contribution >= 4 is 27.7 Å². The average Bonchev–Trinajstić information content (AvgIpc) is 2.48. The van der Waals surface area contributed by atoms with Crippen LogP contribution in [-0.4, -0.2) is 34.4 Å². The van der Waals surface area contributed by atoms with Gasteiger partial charge in [0.1, 0.15) is 0 Å². The van der Waals surface area contributed by atoms with Crippen molar-refractivity contribution in [2.45, 2.75) is 32.2 Å². The summed E-state index contributed by atoms with van der Waals surface area (Å²) in [5.41, 5.74) is 7.29. The van der Waals surface area contributed by atoms with Gasteiger partial charge < -0.3 is 15.8 Å². The number of aryl methyl sites for hydroxylation is 1. The molecule has 1 saturated heterocycles. The van der Waals surface area contributed by atoms with E-state index in [-0.39, 0.29) is 17.8 Å². The number of rotatable bonds is 2. The lowest BCUT2D eigenvalue weighted by molar-refractivity contribution is 0.0676. The number of carbonyl (C=O) groups excluding carboxylic acids is 1. The van der Waals surface area contributed by atoms with Crippen LogP contribution in [0.4, 0.5) is 0 Å². The Balaban J connectivity index is 2.32. The van der Waals surface area contributed by atoms with E-state index in [1.54, 1.807) is 4.90 Å². The fourth-order valence-electron chi connectivity index (χ4n) is 2.53. The first-order valence-corrected chi connectivity index (χ1v) is 7.38. The number of oxime groups is 1. The molecule has 0 aromatic heterocycles. The Morgan fingerprint density at radius 1 is 1.50 bits per heavy atom. The number of nitrogens with two attached hydrogens (primary N) is 1. The normalized spacial score (nSPS) is 20.0. The number of amidine groups is 1. The van der Waals surface area contributed by atoms with Crippen molar-refractivity contribution < 1.29 is 10.0 Å². The van der Waals surface area contributed by atoms with E-state index < -0.39 is 0 Å². The molecular weight excluding hydrogens is 322 g/mol. The van der Waals surface area contributed by atoms with Crippen LogP contribution in [0.25, 0.3) is 0 Å². The molecule has 1 fully saturated rings. The molecule has 5 nitrogen and oxygen atoms in total. The van der Waals surface area contributed by atoms with Crippen LogP contribution < -0.4 is 5.73 Å². The fourth-order valence-corrected chi connectivity index (χ4v) is 2.89. The molecule has 1 heterocycles. The summed E-state index contributed by atoms with van der Waals surface area (Å²) in [7, 11) is 0. The van der Waals surface area contributed by atoms with Gasteiger partial charge in [0.05, 0.1) is 6.04 Å². The molecular formula is C14H18BrN3O2. The summed E-state index contributed by atoms with van der Waals surface area (Å²) in [5, 5.41) is 11.9. The number of hydrogen-bond donors (Lipinski definition) is 2. The van der Waals surface area contributed by atoms with Crippen molar-refractivity contribution in [3.05, 3.63) is 33.8 Å². The molecule has 3 N–H and O–H groups in total. The average molecular weight is 340 g/mol. The third-order valence-corrected chi connectivity index (χ3v) is 4.14. The summed E-state index contributed by atoms with van der Waals surface area (Å²) in [6.45, 7) is 2.54. The Kier molecular flexibility index (Phi) is 4.65. The number of nitrogens with zero attached hydrogens (tertiary/aromatic N) is 2. The van der Waals surface area contributed by atoms with Gasteiger partial charge >= 0.3 is 0 Å². The lowest BCUT2D eigenvalue weighted by Gasteiger charge is -2.35. The van der Waals surface area contributed by atoms with Crippen LogP contribution >= 0.6 is 15.9 Å². The van der Waals surface area contributed by atoms with Gasteiger partial charge in [-0.25, -0.2) is 0 Å². The van der Waals surface area contributed by atoms with Crippen molar-refractivity contribution in [3.63, 3.8) is 0 Å². The lowest BCUT2D eigenvalue weighted by Crippen LogP contribution is -2.50. The third-order valence-electron chi connectivity index (χ3n) is 3.65. The summed E-state index contributed by atoms with van der Waals surface area (Å²) >= 11 is 3.39. The molecule has 108 valence electrons. The van der Waals surface area contributed by atoms with Gasteiger partial charge in [-0.1, -0.05) is 27.2 Å². The van der Waals surface area contributed by atoms with Crippen molar-refractivity contribution in [1.29, 1.82) is 0 Å². The zero-order valence-corrected chi connectivity index (χ0v) is 12.9. The highest BCUT2D eigenvalue weighted by Crippen LogP contribution is 2.23. The van der Waals surface area contributed by atoms with E-state index in [4.69, 9.17) is 10.9 Å². The summed E-state index contributed by atoms with van der Waals surface area (Å²) in [5.74, 6) is 0.0331. The SMILES string of the molecule is Cc1ccc(Br)cc1C(=O)N1CCCCC1C(N)=NO. The number of halogens is 1. The molecule has 1 atom stereocenters. The van der Waals surface area contributed by atoms with Gasteiger partial charge in [-0.15, -0.1) is 0 Å². The summed E-state index contributed by atoms with van der Waals surface area (Å²) in [6, 6.07) is 5.30. The molecule has 1 amide bonds. The van der Waals surface area contributed by atoms with Crippen molar-refractivity contribution in [3.8, 4) is 0 Å². The first-order chi connectivity index (χ1) is 9.54. The number of hydrogen-bond acceptors (Lipinski definition) is 3. The van der Waals surface area contributed by atoms with E-state index >= 15 is 0 Å². The minimum atomic E-state index is -0.320. The molecule has 0 aliphatic carbocycles. The summed E-state index contributed by atoms with van der Waals surface area (Å²) in [4.78, 5) is 14.4. The second-order valence-corrected chi connectivity index (χ2v) is 5.91. The van der Waals surface area contributed by atoms with Gasteiger partial charge in [0.15, 0.2) is 5.84 Å². The van der Waals surface area contributed by atoms with Gasteiger partial charge in [0, 0.05) is 16.6 Å². The highest BCUT2D eigenvalue weighted by molar-refractivity contribution is 9.10. The maximum Gasteiger partial charge on any atom is 0.254 e. The molecule has 1 aromatic rings. The highest BCUT2D eigenvalue weighted by atomic mass is 79.9. The monoisotopic (exact) mass is 339 g/mol. The van der Waals surface area contributed by atoms with Gasteiger partial charge in [0.25, 0.3) is 5.91 Å². The first kappa shape index (κ1) is 14.8. The maximum absolute atomic E-state index is 12.7. The Hall–Kier alpha value is -1.56. The molecule has 0 radical (unpaired) electrons. The van der Waals surface area contributed by atoms with Crippen LogP contribution in [-0.2, 0) is 0 Å². The van der Waals surface area contributed by atoms with Crippen LogP contribution in [0.2, 0.25) is 0 Å². The summed E-state index contributed by atoms with van der Waals surface area (Å²) < 4.78 is 0.865. The second kappa shape index (κ2) is 6.26. The van der Waals surface area contributed by atoms with Crippen LogP contribution in [0.5, 0.6) is 0 Å². The summed E-state index contributed by atoms with van der Waals surface area (Å²) in [6.07, 6.45) is 2.64. The standard InChI is InChI=1S/C14H18BrN3O2/c1-9-5-6-10(15)8-11(9)14(19)18-7-3-2-4-12(18)13(16)17-20/h5-6,8,12,20H,2-4,7H2,1H3,(H2,16,17).